The Labute approximate surface area is 170 Å². The largest absolute Gasteiger partial charge is 0.466 e. The van der Waals surface area contributed by atoms with E-state index < -0.39 is 29.4 Å². The lowest BCUT2D eigenvalue weighted by atomic mass is 9.91. The summed E-state index contributed by atoms with van der Waals surface area (Å²) in [4.78, 5) is 49.9. The van der Waals surface area contributed by atoms with Gasteiger partial charge in [-0.2, -0.15) is 0 Å². The van der Waals surface area contributed by atoms with E-state index in [4.69, 9.17) is 14.2 Å². The third-order valence-corrected chi connectivity index (χ3v) is 4.13. The Morgan fingerprint density at radius 1 is 0.862 bits per heavy atom. The molecule has 1 aromatic carbocycles. The zero-order chi connectivity index (χ0) is 21.9. The van der Waals surface area contributed by atoms with Gasteiger partial charge in [-0.05, 0) is 52.7 Å². The summed E-state index contributed by atoms with van der Waals surface area (Å²) in [6.45, 7) is 6.99. The normalized spacial score (nSPS) is 10.8. The van der Waals surface area contributed by atoms with E-state index in [2.05, 4.69) is 5.32 Å². The summed E-state index contributed by atoms with van der Waals surface area (Å²) in [5, 5.41) is 2.50. The van der Waals surface area contributed by atoms with Gasteiger partial charge in [-0.15, -0.1) is 0 Å². The summed E-state index contributed by atoms with van der Waals surface area (Å²) in [7, 11) is 0. The Morgan fingerprint density at radius 2 is 1.38 bits per heavy atom. The maximum absolute atomic E-state index is 12.8. The number of benzene rings is 1. The van der Waals surface area contributed by atoms with Crippen molar-refractivity contribution in [1.82, 2.24) is 5.32 Å². The molecular formula is C21H29NO7. The van der Waals surface area contributed by atoms with Crippen LogP contribution in [0.2, 0.25) is 0 Å². The van der Waals surface area contributed by atoms with Gasteiger partial charge in [0.15, 0.2) is 0 Å². The van der Waals surface area contributed by atoms with Crippen LogP contribution in [0.1, 0.15) is 56.0 Å². The molecule has 1 N–H and O–H groups in total. The van der Waals surface area contributed by atoms with Crippen molar-refractivity contribution in [2.75, 3.05) is 19.8 Å². The second-order valence-electron chi connectivity index (χ2n) is 6.32. The van der Waals surface area contributed by atoms with E-state index in [0.29, 0.717) is 0 Å². The van der Waals surface area contributed by atoms with Crippen LogP contribution >= 0.6 is 0 Å². The van der Waals surface area contributed by atoms with E-state index in [9.17, 15) is 19.2 Å². The third kappa shape index (κ3) is 6.89. The highest BCUT2D eigenvalue weighted by Gasteiger charge is 2.50. The number of rotatable bonds is 11. The molecule has 0 unspecified atom stereocenters. The molecule has 1 amide bonds. The zero-order valence-corrected chi connectivity index (χ0v) is 17.4. The first-order valence-corrected chi connectivity index (χ1v) is 9.69. The summed E-state index contributed by atoms with van der Waals surface area (Å²) in [5.41, 5.74) is -0.822. The molecular weight excluding hydrogens is 378 g/mol. The van der Waals surface area contributed by atoms with E-state index in [1.54, 1.807) is 45.0 Å². The molecule has 8 nitrogen and oxygen atoms in total. The molecule has 0 aromatic heterocycles. The number of amides is 1. The summed E-state index contributed by atoms with van der Waals surface area (Å²) in [6, 6.07) is 6.66. The second kappa shape index (κ2) is 11.8. The Balaban J connectivity index is 3.17. The van der Waals surface area contributed by atoms with Gasteiger partial charge in [0.25, 0.3) is 5.91 Å². The minimum absolute atomic E-state index is 0.0122. The number of hydrogen-bond acceptors (Lipinski definition) is 7. The highest BCUT2D eigenvalue weighted by Crippen LogP contribution is 2.21. The minimum atomic E-state index is -2.06. The molecule has 0 aliphatic carbocycles. The third-order valence-electron chi connectivity index (χ3n) is 4.13. The number of ether oxygens (including phenoxy) is 3. The number of carbonyl (C=O) groups excluding carboxylic acids is 4. The van der Waals surface area contributed by atoms with Crippen LogP contribution in [0.4, 0.5) is 0 Å². The van der Waals surface area contributed by atoms with Gasteiger partial charge in [-0.25, -0.2) is 9.59 Å². The Hall–Kier alpha value is -2.90. The van der Waals surface area contributed by atoms with Crippen LogP contribution in [-0.2, 0) is 28.6 Å². The van der Waals surface area contributed by atoms with Crippen LogP contribution in [0.3, 0.4) is 0 Å². The molecule has 0 atom stereocenters. The summed E-state index contributed by atoms with van der Waals surface area (Å²) >= 11 is 0. The van der Waals surface area contributed by atoms with Crippen molar-refractivity contribution in [1.29, 1.82) is 0 Å². The van der Waals surface area contributed by atoms with E-state index >= 15 is 0 Å². The molecule has 0 fully saturated rings. The monoisotopic (exact) mass is 407 g/mol. The van der Waals surface area contributed by atoms with Gasteiger partial charge in [0.05, 0.1) is 19.8 Å². The Bertz CT molecular complexity index is 694. The highest BCUT2D eigenvalue weighted by molar-refractivity contribution is 6.10. The molecule has 0 saturated heterocycles. The molecule has 0 spiro atoms. The number of nitrogens with one attached hydrogen (secondary N) is 1. The second-order valence-corrected chi connectivity index (χ2v) is 6.32. The van der Waals surface area contributed by atoms with Gasteiger partial charge < -0.3 is 19.5 Å². The Kier molecular flexibility index (Phi) is 9.85. The summed E-state index contributed by atoms with van der Waals surface area (Å²) < 4.78 is 15.0. The fourth-order valence-electron chi connectivity index (χ4n) is 2.66. The predicted octanol–water partition coefficient (Wildman–Crippen LogP) is 2.32. The molecule has 0 aliphatic heterocycles. The SMILES string of the molecule is CCOC(=O)CCCC(NC(=O)c1ccc(C)cc1)(C(=O)OCC)C(=O)OCC. The molecule has 0 bridgehead atoms. The number of esters is 3. The van der Waals surface area contributed by atoms with Crippen molar-refractivity contribution < 1.29 is 33.4 Å². The van der Waals surface area contributed by atoms with Gasteiger partial charge in [-0.3, -0.25) is 9.59 Å². The van der Waals surface area contributed by atoms with Crippen molar-refractivity contribution >= 4 is 23.8 Å². The van der Waals surface area contributed by atoms with E-state index in [1.807, 2.05) is 6.92 Å². The van der Waals surface area contributed by atoms with Gasteiger partial charge in [0.2, 0.25) is 5.54 Å². The number of aryl methyl sites for hydroxylation is 1. The standard InChI is InChI=1S/C21H29NO7/c1-5-27-17(23)9-8-14-21(19(25)28-6-2,20(26)29-7-3)22-18(24)16-12-10-15(4)11-13-16/h10-13H,5-9,14H2,1-4H3,(H,22,24). The molecule has 0 aliphatic rings. The molecule has 1 aromatic rings. The van der Waals surface area contributed by atoms with Crippen LogP contribution in [0.15, 0.2) is 24.3 Å². The van der Waals surface area contributed by atoms with E-state index in [0.717, 1.165) is 5.56 Å². The molecule has 0 saturated carbocycles. The lowest BCUT2D eigenvalue weighted by Gasteiger charge is -2.30. The van der Waals surface area contributed by atoms with E-state index in [-0.39, 0.29) is 44.6 Å². The lowest BCUT2D eigenvalue weighted by molar-refractivity contribution is -0.166. The van der Waals surface area contributed by atoms with Gasteiger partial charge in [0.1, 0.15) is 0 Å². The van der Waals surface area contributed by atoms with Crippen molar-refractivity contribution in [3.8, 4) is 0 Å². The average molecular weight is 407 g/mol. The molecule has 8 heteroatoms. The predicted molar refractivity (Wildman–Crippen MR) is 105 cm³/mol. The van der Waals surface area contributed by atoms with Crippen molar-refractivity contribution in [2.24, 2.45) is 0 Å². The van der Waals surface area contributed by atoms with Gasteiger partial charge >= 0.3 is 17.9 Å². The summed E-state index contributed by atoms with van der Waals surface area (Å²) in [5.74, 6) is -2.94. The molecule has 160 valence electrons. The average Bonchev–Trinajstić information content (AvgIpc) is 2.68. The summed E-state index contributed by atoms with van der Waals surface area (Å²) in [6.07, 6.45) is -0.0689. The van der Waals surface area contributed by atoms with Crippen LogP contribution in [0.5, 0.6) is 0 Å². The fraction of sp³-hybridized carbons (Fsp3) is 0.524. The quantitative estimate of drug-likeness (QED) is 0.341. The number of carbonyl (C=O) groups is 4. The molecule has 1 rings (SSSR count). The van der Waals surface area contributed by atoms with E-state index in [1.165, 1.54) is 0 Å². The smallest absolute Gasteiger partial charge is 0.343 e. The first-order chi connectivity index (χ1) is 13.8. The fourth-order valence-corrected chi connectivity index (χ4v) is 2.66. The van der Waals surface area contributed by atoms with Crippen LogP contribution < -0.4 is 5.32 Å². The molecule has 29 heavy (non-hydrogen) atoms. The maximum Gasteiger partial charge on any atom is 0.343 e. The van der Waals surface area contributed by atoms with Crippen molar-refractivity contribution in [3.05, 3.63) is 35.4 Å². The Morgan fingerprint density at radius 3 is 1.86 bits per heavy atom. The maximum atomic E-state index is 12.8. The van der Waals surface area contributed by atoms with Crippen molar-refractivity contribution in [2.45, 2.75) is 52.5 Å². The first-order valence-electron chi connectivity index (χ1n) is 9.69. The van der Waals surface area contributed by atoms with Gasteiger partial charge in [0, 0.05) is 12.0 Å². The zero-order valence-electron chi connectivity index (χ0n) is 17.4. The lowest BCUT2D eigenvalue weighted by Crippen LogP contribution is -2.61. The molecule has 0 heterocycles. The topological polar surface area (TPSA) is 108 Å². The van der Waals surface area contributed by atoms with Gasteiger partial charge in [-0.1, -0.05) is 17.7 Å². The minimum Gasteiger partial charge on any atom is -0.466 e. The number of hydrogen-bond donors (Lipinski definition) is 1. The van der Waals surface area contributed by atoms with Crippen LogP contribution in [0.25, 0.3) is 0 Å². The van der Waals surface area contributed by atoms with Crippen molar-refractivity contribution in [3.63, 3.8) is 0 Å². The highest BCUT2D eigenvalue weighted by atomic mass is 16.6. The van der Waals surface area contributed by atoms with Crippen LogP contribution in [-0.4, -0.2) is 49.2 Å². The molecule has 0 radical (unpaired) electrons. The van der Waals surface area contributed by atoms with Crippen LogP contribution in [0, 0.1) is 6.92 Å². The first kappa shape index (κ1) is 24.1.